The molecule has 0 bridgehead atoms. The van der Waals surface area contributed by atoms with Gasteiger partial charge in [-0.1, -0.05) is 25.1 Å². The molecule has 0 radical (unpaired) electrons. The number of rotatable bonds is 12. The molecule has 0 saturated carbocycles. The van der Waals surface area contributed by atoms with E-state index in [4.69, 9.17) is 14.2 Å². The van der Waals surface area contributed by atoms with Gasteiger partial charge in [-0.15, -0.1) is 0 Å². The lowest BCUT2D eigenvalue weighted by Crippen LogP contribution is -2.15. The second-order valence-corrected chi connectivity index (χ2v) is 4.59. The molecular formula is C16H27NO3. The number of hydrogen-bond donors (Lipinski definition) is 1. The van der Waals surface area contributed by atoms with E-state index in [-0.39, 0.29) is 0 Å². The Morgan fingerprint density at radius 3 is 2.70 bits per heavy atom. The molecule has 1 aromatic carbocycles. The summed E-state index contributed by atoms with van der Waals surface area (Å²) in [7, 11) is 1.70. The van der Waals surface area contributed by atoms with Crippen molar-refractivity contribution in [2.45, 2.75) is 26.3 Å². The van der Waals surface area contributed by atoms with Gasteiger partial charge in [0.25, 0.3) is 0 Å². The minimum atomic E-state index is 0.581. The van der Waals surface area contributed by atoms with Crippen LogP contribution < -0.4 is 10.1 Å². The maximum absolute atomic E-state index is 5.78. The topological polar surface area (TPSA) is 39.7 Å². The van der Waals surface area contributed by atoms with E-state index in [1.54, 1.807) is 7.11 Å². The minimum absolute atomic E-state index is 0.581. The maximum Gasteiger partial charge on any atom is 0.123 e. The van der Waals surface area contributed by atoms with Crippen LogP contribution in [0.25, 0.3) is 0 Å². The zero-order valence-corrected chi connectivity index (χ0v) is 12.7. The van der Waals surface area contributed by atoms with Crippen LogP contribution in [0.4, 0.5) is 0 Å². The molecule has 1 N–H and O–H groups in total. The minimum Gasteiger partial charge on any atom is -0.491 e. The van der Waals surface area contributed by atoms with Crippen molar-refractivity contribution in [2.24, 2.45) is 0 Å². The summed E-state index contributed by atoms with van der Waals surface area (Å²) >= 11 is 0. The molecule has 0 aliphatic carbocycles. The first-order valence-corrected chi connectivity index (χ1v) is 7.36. The van der Waals surface area contributed by atoms with Crippen LogP contribution in [0.2, 0.25) is 0 Å². The predicted molar refractivity (Wildman–Crippen MR) is 81.2 cm³/mol. The van der Waals surface area contributed by atoms with E-state index in [9.17, 15) is 0 Å². The van der Waals surface area contributed by atoms with Gasteiger partial charge in [0, 0.05) is 32.4 Å². The van der Waals surface area contributed by atoms with Crippen LogP contribution in [0.1, 0.15) is 25.3 Å². The van der Waals surface area contributed by atoms with Crippen LogP contribution in [0.3, 0.4) is 0 Å². The Kier molecular flexibility index (Phi) is 9.92. The fourth-order valence-electron chi connectivity index (χ4n) is 1.81. The van der Waals surface area contributed by atoms with Crippen LogP contribution in [0.15, 0.2) is 24.3 Å². The van der Waals surface area contributed by atoms with Gasteiger partial charge in [-0.3, -0.25) is 0 Å². The third-order valence-corrected chi connectivity index (χ3v) is 2.84. The molecule has 114 valence electrons. The Bertz CT molecular complexity index is 344. The van der Waals surface area contributed by atoms with E-state index >= 15 is 0 Å². The monoisotopic (exact) mass is 281 g/mol. The highest BCUT2D eigenvalue weighted by Gasteiger charge is 2.02. The van der Waals surface area contributed by atoms with Crippen LogP contribution in [0, 0.1) is 0 Å². The molecule has 1 rings (SSSR count). The van der Waals surface area contributed by atoms with Crippen molar-refractivity contribution in [1.29, 1.82) is 0 Å². The number of methoxy groups -OCH3 is 1. The number of nitrogens with one attached hydrogen (secondary N) is 1. The lowest BCUT2D eigenvalue weighted by atomic mass is 10.2. The van der Waals surface area contributed by atoms with Crippen molar-refractivity contribution in [1.82, 2.24) is 5.32 Å². The number of hydrogen-bond acceptors (Lipinski definition) is 4. The summed E-state index contributed by atoms with van der Waals surface area (Å²) in [5.41, 5.74) is 1.19. The average Bonchev–Trinajstić information content (AvgIpc) is 2.48. The Morgan fingerprint density at radius 1 is 1.05 bits per heavy atom. The van der Waals surface area contributed by atoms with Crippen molar-refractivity contribution >= 4 is 0 Å². The van der Waals surface area contributed by atoms with Gasteiger partial charge in [0.05, 0.1) is 6.61 Å². The first-order chi connectivity index (χ1) is 9.88. The Morgan fingerprint density at radius 2 is 1.90 bits per heavy atom. The van der Waals surface area contributed by atoms with Gasteiger partial charge >= 0.3 is 0 Å². The highest BCUT2D eigenvalue weighted by atomic mass is 16.5. The van der Waals surface area contributed by atoms with Gasteiger partial charge in [0.2, 0.25) is 0 Å². The number of para-hydroxylation sites is 1. The number of ether oxygens (including phenoxy) is 3. The van der Waals surface area contributed by atoms with Crippen LogP contribution in [0.5, 0.6) is 5.75 Å². The summed E-state index contributed by atoms with van der Waals surface area (Å²) in [6.45, 7) is 6.69. The molecule has 0 atom stereocenters. The molecule has 20 heavy (non-hydrogen) atoms. The van der Waals surface area contributed by atoms with Crippen molar-refractivity contribution in [3.63, 3.8) is 0 Å². The number of benzene rings is 1. The van der Waals surface area contributed by atoms with Crippen molar-refractivity contribution in [3.05, 3.63) is 29.8 Å². The molecule has 4 nitrogen and oxygen atoms in total. The summed E-state index contributed by atoms with van der Waals surface area (Å²) < 4.78 is 16.2. The Balaban J connectivity index is 2.21. The third kappa shape index (κ3) is 7.48. The zero-order valence-electron chi connectivity index (χ0n) is 12.7. The smallest absolute Gasteiger partial charge is 0.123 e. The van der Waals surface area contributed by atoms with Gasteiger partial charge in [-0.05, 0) is 25.5 Å². The van der Waals surface area contributed by atoms with Crippen molar-refractivity contribution in [2.75, 3.05) is 40.1 Å². The van der Waals surface area contributed by atoms with E-state index in [1.807, 2.05) is 18.2 Å². The molecule has 4 heteroatoms. The summed E-state index contributed by atoms with van der Waals surface area (Å²) in [5, 5.41) is 3.39. The highest BCUT2D eigenvalue weighted by Crippen LogP contribution is 2.17. The molecule has 0 saturated heterocycles. The molecule has 0 aliphatic rings. The second-order valence-electron chi connectivity index (χ2n) is 4.59. The second kappa shape index (κ2) is 11.7. The van der Waals surface area contributed by atoms with E-state index in [1.165, 1.54) is 5.56 Å². The van der Waals surface area contributed by atoms with Gasteiger partial charge < -0.3 is 19.5 Å². The van der Waals surface area contributed by atoms with Crippen molar-refractivity contribution < 1.29 is 14.2 Å². The summed E-state index contributed by atoms with van der Waals surface area (Å²) in [5.74, 6) is 0.941. The summed E-state index contributed by atoms with van der Waals surface area (Å²) in [6, 6.07) is 8.14. The standard InChI is InChI=1S/C16H27NO3/c1-3-9-17-14-15-7-4-5-8-16(15)20-13-12-19-11-6-10-18-2/h4-5,7-8,17H,3,6,9-14H2,1-2H3. The highest BCUT2D eigenvalue weighted by molar-refractivity contribution is 5.33. The van der Waals surface area contributed by atoms with Crippen LogP contribution in [-0.2, 0) is 16.0 Å². The van der Waals surface area contributed by atoms with Crippen LogP contribution >= 0.6 is 0 Å². The molecule has 0 amide bonds. The first-order valence-electron chi connectivity index (χ1n) is 7.36. The molecule has 0 unspecified atom stereocenters. The lowest BCUT2D eigenvalue weighted by molar-refractivity contribution is 0.0804. The Labute approximate surface area is 122 Å². The SMILES string of the molecule is CCCNCc1ccccc1OCCOCCCOC. The molecule has 0 aromatic heterocycles. The third-order valence-electron chi connectivity index (χ3n) is 2.84. The predicted octanol–water partition coefficient (Wildman–Crippen LogP) is 2.62. The van der Waals surface area contributed by atoms with E-state index < -0.39 is 0 Å². The average molecular weight is 281 g/mol. The quantitative estimate of drug-likeness (QED) is 0.598. The molecular weight excluding hydrogens is 254 g/mol. The zero-order chi connectivity index (χ0) is 14.5. The van der Waals surface area contributed by atoms with E-state index in [0.29, 0.717) is 13.2 Å². The van der Waals surface area contributed by atoms with Gasteiger partial charge in [0.1, 0.15) is 12.4 Å². The molecule has 0 fully saturated rings. The van der Waals surface area contributed by atoms with Gasteiger partial charge in [-0.25, -0.2) is 0 Å². The fourth-order valence-corrected chi connectivity index (χ4v) is 1.81. The molecule has 0 spiro atoms. The van der Waals surface area contributed by atoms with Crippen LogP contribution in [-0.4, -0.2) is 40.1 Å². The lowest BCUT2D eigenvalue weighted by Gasteiger charge is -2.12. The molecule has 0 heterocycles. The Hall–Kier alpha value is -1.10. The van der Waals surface area contributed by atoms with Gasteiger partial charge in [0.15, 0.2) is 0 Å². The van der Waals surface area contributed by atoms with E-state index in [2.05, 4.69) is 18.3 Å². The first kappa shape index (κ1) is 17.0. The molecule has 1 aromatic rings. The van der Waals surface area contributed by atoms with E-state index in [0.717, 1.165) is 44.9 Å². The maximum atomic E-state index is 5.78. The fraction of sp³-hybridized carbons (Fsp3) is 0.625. The molecule has 0 aliphatic heterocycles. The largest absolute Gasteiger partial charge is 0.491 e. The van der Waals surface area contributed by atoms with Gasteiger partial charge in [-0.2, -0.15) is 0 Å². The normalized spacial score (nSPS) is 10.7. The summed E-state index contributed by atoms with van der Waals surface area (Å²) in [6.07, 6.45) is 2.06. The van der Waals surface area contributed by atoms with Crippen molar-refractivity contribution in [3.8, 4) is 5.75 Å². The summed E-state index contributed by atoms with van der Waals surface area (Å²) in [4.78, 5) is 0.